The lowest BCUT2D eigenvalue weighted by Crippen LogP contribution is -2.39. The fraction of sp³-hybridized carbons (Fsp3) is 0.483. The average Bonchev–Trinajstić information content (AvgIpc) is 3.55. The molecule has 0 N–H and O–H groups in total. The summed E-state index contributed by atoms with van der Waals surface area (Å²) in [6, 6.07) is 12.8. The summed E-state index contributed by atoms with van der Waals surface area (Å²) in [5.41, 5.74) is 4.28. The molecule has 3 heterocycles. The Morgan fingerprint density at radius 3 is 2.74 bits per heavy atom. The van der Waals surface area contributed by atoms with Crippen molar-refractivity contribution in [2.24, 2.45) is 5.92 Å². The molecule has 5 nitrogen and oxygen atoms in total. The first-order valence-corrected chi connectivity index (χ1v) is 14.0. The highest BCUT2D eigenvalue weighted by Crippen LogP contribution is 2.32. The van der Waals surface area contributed by atoms with E-state index < -0.39 is 0 Å². The molecule has 6 heteroatoms. The number of pyridine rings is 1. The largest absolute Gasteiger partial charge is 0.343 e. The average molecular weight is 490 g/mol. The molecule has 5 rings (SSSR count). The monoisotopic (exact) mass is 489 g/mol. The van der Waals surface area contributed by atoms with Crippen LogP contribution in [0.15, 0.2) is 41.8 Å². The molecule has 1 aliphatic carbocycles. The van der Waals surface area contributed by atoms with E-state index in [0.29, 0.717) is 19.5 Å². The number of aryl methyl sites for hydroxylation is 1. The Morgan fingerprint density at radius 2 is 2.00 bits per heavy atom. The number of aromatic nitrogens is 1. The fourth-order valence-electron chi connectivity index (χ4n) is 5.56. The molecule has 3 aromatic rings. The quantitative estimate of drug-likeness (QED) is 0.379. The van der Waals surface area contributed by atoms with Crippen LogP contribution < -0.4 is 0 Å². The zero-order valence-electron chi connectivity index (χ0n) is 20.7. The van der Waals surface area contributed by atoms with Gasteiger partial charge in [0.2, 0.25) is 11.8 Å². The molecular weight excluding hydrogens is 454 g/mol. The van der Waals surface area contributed by atoms with Gasteiger partial charge in [-0.3, -0.25) is 9.59 Å². The number of carbonyl (C=O) groups excluding carboxylic acids is 2. The van der Waals surface area contributed by atoms with Crippen LogP contribution in [0.2, 0.25) is 0 Å². The zero-order valence-corrected chi connectivity index (χ0v) is 21.5. The van der Waals surface area contributed by atoms with Gasteiger partial charge in [-0.1, -0.05) is 37.0 Å². The number of hydrogen-bond donors (Lipinski definition) is 0. The number of fused-ring (bicyclic) bond motifs is 1. The van der Waals surface area contributed by atoms with E-state index in [1.807, 2.05) is 4.90 Å². The summed E-state index contributed by atoms with van der Waals surface area (Å²) in [5, 5.41) is 3.20. The predicted octanol–water partition coefficient (Wildman–Crippen LogP) is 6.19. The maximum atomic E-state index is 13.7. The normalized spacial score (nSPS) is 16.8. The third-order valence-corrected chi connectivity index (χ3v) is 8.34. The van der Waals surface area contributed by atoms with Crippen LogP contribution in [0.3, 0.4) is 0 Å². The standard InChI is InChI=1S/C29H35N3O2S/c1-21-12-13-25-23(18-21)19-24(28(30-25)26-10-6-17-35-26)20-32(29(34)22-8-3-2-4-9-22)16-7-15-31-14-5-11-27(31)33/h6,10,12-13,17-19,22H,2-5,7-9,11,14-16,20H2,1H3. The van der Waals surface area contributed by atoms with E-state index in [1.54, 1.807) is 11.3 Å². The molecule has 0 radical (unpaired) electrons. The number of nitrogens with zero attached hydrogens (tertiary/aromatic N) is 3. The number of hydrogen-bond acceptors (Lipinski definition) is 4. The lowest BCUT2D eigenvalue weighted by molar-refractivity contribution is -0.137. The Kier molecular flexibility index (Phi) is 7.47. The van der Waals surface area contributed by atoms with Gasteiger partial charge in [-0.05, 0) is 67.8 Å². The van der Waals surface area contributed by atoms with E-state index in [0.717, 1.165) is 78.7 Å². The van der Waals surface area contributed by atoms with Gasteiger partial charge in [0, 0.05) is 43.9 Å². The van der Waals surface area contributed by atoms with Crippen molar-refractivity contribution in [3.05, 3.63) is 52.9 Å². The van der Waals surface area contributed by atoms with Crippen LogP contribution in [0.1, 0.15) is 62.5 Å². The SMILES string of the molecule is Cc1ccc2nc(-c3cccs3)c(CN(CCCN3CCCC3=O)C(=O)C3CCCCC3)cc2c1. The summed E-state index contributed by atoms with van der Waals surface area (Å²) >= 11 is 1.69. The first-order chi connectivity index (χ1) is 17.1. The Bertz CT molecular complexity index is 1180. The van der Waals surface area contributed by atoms with Gasteiger partial charge < -0.3 is 9.80 Å². The zero-order chi connectivity index (χ0) is 24.2. The van der Waals surface area contributed by atoms with Crippen LogP contribution >= 0.6 is 11.3 Å². The molecule has 0 bridgehead atoms. The number of rotatable bonds is 8. The van der Waals surface area contributed by atoms with Gasteiger partial charge in [0.15, 0.2) is 0 Å². The highest BCUT2D eigenvalue weighted by Gasteiger charge is 2.27. The van der Waals surface area contributed by atoms with E-state index in [-0.39, 0.29) is 17.7 Å². The first-order valence-electron chi connectivity index (χ1n) is 13.1. The second-order valence-corrected chi connectivity index (χ2v) is 11.0. The maximum Gasteiger partial charge on any atom is 0.225 e. The second-order valence-electron chi connectivity index (χ2n) is 10.1. The number of likely N-dealkylation sites (tertiary alicyclic amines) is 1. The van der Waals surface area contributed by atoms with Crippen molar-refractivity contribution < 1.29 is 9.59 Å². The molecule has 2 aromatic heterocycles. The number of amides is 2. The van der Waals surface area contributed by atoms with Gasteiger partial charge >= 0.3 is 0 Å². The van der Waals surface area contributed by atoms with E-state index >= 15 is 0 Å². The van der Waals surface area contributed by atoms with Crippen molar-refractivity contribution in [1.29, 1.82) is 0 Å². The molecule has 1 saturated carbocycles. The van der Waals surface area contributed by atoms with Crippen LogP contribution in [0.25, 0.3) is 21.5 Å². The highest BCUT2D eigenvalue weighted by molar-refractivity contribution is 7.13. The molecule has 184 valence electrons. The van der Waals surface area contributed by atoms with Crippen LogP contribution in [-0.4, -0.2) is 46.2 Å². The van der Waals surface area contributed by atoms with Gasteiger partial charge in [-0.25, -0.2) is 4.98 Å². The molecule has 0 unspecified atom stereocenters. The van der Waals surface area contributed by atoms with Crippen LogP contribution in [0.5, 0.6) is 0 Å². The molecule has 1 aromatic carbocycles. The van der Waals surface area contributed by atoms with Crippen molar-refractivity contribution in [1.82, 2.24) is 14.8 Å². The first kappa shape index (κ1) is 24.0. The molecule has 0 atom stereocenters. The van der Waals surface area contributed by atoms with E-state index in [1.165, 1.54) is 12.0 Å². The number of benzene rings is 1. The smallest absolute Gasteiger partial charge is 0.225 e. The van der Waals surface area contributed by atoms with Gasteiger partial charge in [0.25, 0.3) is 0 Å². The minimum absolute atomic E-state index is 0.123. The summed E-state index contributed by atoms with van der Waals surface area (Å²) < 4.78 is 0. The lowest BCUT2D eigenvalue weighted by atomic mass is 9.88. The van der Waals surface area contributed by atoms with Gasteiger partial charge in [-0.2, -0.15) is 0 Å². The second kappa shape index (κ2) is 10.9. The Morgan fingerprint density at radius 1 is 1.14 bits per heavy atom. The van der Waals surface area contributed by atoms with E-state index in [9.17, 15) is 9.59 Å². The Labute approximate surface area is 212 Å². The Balaban J connectivity index is 1.43. The summed E-state index contributed by atoms with van der Waals surface area (Å²) in [7, 11) is 0. The molecule has 1 saturated heterocycles. The molecule has 35 heavy (non-hydrogen) atoms. The van der Waals surface area contributed by atoms with E-state index in [2.05, 4.69) is 53.6 Å². The van der Waals surface area contributed by atoms with Crippen molar-refractivity contribution >= 4 is 34.1 Å². The van der Waals surface area contributed by atoms with Crippen molar-refractivity contribution in [2.45, 2.75) is 64.8 Å². The third-order valence-electron chi connectivity index (χ3n) is 7.46. The van der Waals surface area contributed by atoms with Crippen LogP contribution in [0, 0.1) is 12.8 Å². The van der Waals surface area contributed by atoms with Crippen molar-refractivity contribution in [3.8, 4) is 10.6 Å². The Hall–Kier alpha value is -2.73. The van der Waals surface area contributed by atoms with Gasteiger partial charge in [0.05, 0.1) is 16.1 Å². The number of carbonyl (C=O) groups is 2. The minimum atomic E-state index is 0.123. The molecule has 2 amide bonds. The molecule has 1 aliphatic heterocycles. The van der Waals surface area contributed by atoms with Gasteiger partial charge in [-0.15, -0.1) is 11.3 Å². The van der Waals surface area contributed by atoms with Crippen LogP contribution in [0.4, 0.5) is 0 Å². The fourth-order valence-corrected chi connectivity index (χ4v) is 6.31. The molecule has 2 aliphatic rings. The van der Waals surface area contributed by atoms with E-state index in [4.69, 9.17) is 4.98 Å². The van der Waals surface area contributed by atoms with Crippen LogP contribution in [-0.2, 0) is 16.1 Å². The topological polar surface area (TPSA) is 53.5 Å². The highest BCUT2D eigenvalue weighted by atomic mass is 32.1. The molecule has 2 fully saturated rings. The molecule has 0 spiro atoms. The summed E-state index contributed by atoms with van der Waals surface area (Å²) in [4.78, 5) is 36.0. The molecular formula is C29H35N3O2S. The number of thiophene rings is 1. The van der Waals surface area contributed by atoms with Crippen molar-refractivity contribution in [3.63, 3.8) is 0 Å². The van der Waals surface area contributed by atoms with Crippen molar-refractivity contribution in [2.75, 3.05) is 19.6 Å². The minimum Gasteiger partial charge on any atom is -0.343 e. The summed E-state index contributed by atoms with van der Waals surface area (Å²) in [6.07, 6.45) is 7.94. The summed E-state index contributed by atoms with van der Waals surface area (Å²) in [6.45, 7) is 4.93. The lowest BCUT2D eigenvalue weighted by Gasteiger charge is -2.30. The van der Waals surface area contributed by atoms with Gasteiger partial charge in [0.1, 0.15) is 0 Å². The third kappa shape index (κ3) is 5.58. The maximum absolute atomic E-state index is 13.7. The predicted molar refractivity (Wildman–Crippen MR) is 142 cm³/mol. The summed E-state index contributed by atoms with van der Waals surface area (Å²) in [5.74, 6) is 0.654.